The molecule has 0 spiro atoms. The first-order valence-corrected chi connectivity index (χ1v) is 10.5. The number of nitrogens with one attached hydrogen (secondary N) is 1. The molecule has 3 aromatic rings. The summed E-state index contributed by atoms with van der Waals surface area (Å²) in [4.78, 5) is 17.6. The van der Waals surface area contributed by atoms with Crippen molar-refractivity contribution in [1.29, 1.82) is 5.26 Å². The summed E-state index contributed by atoms with van der Waals surface area (Å²) in [5.41, 5.74) is 1.56. The van der Waals surface area contributed by atoms with Gasteiger partial charge in [0.25, 0.3) is 5.56 Å². The van der Waals surface area contributed by atoms with Crippen LogP contribution >= 0.6 is 0 Å². The first kappa shape index (κ1) is 23.9. The second-order valence-electron chi connectivity index (χ2n) is 7.36. The molecule has 0 atom stereocenters. The highest BCUT2D eigenvalue weighted by atomic mass is 19.4. The van der Waals surface area contributed by atoms with Crippen molar-refractivity contribution < 1.29 is 17.9 Å². The smallest absolute Gasteiger partial charge is 0.406 e. The van der Waals surface area contributed by atoms with Gasteiger partial charge in [0.2, 0.25) is 5.95 Å². The van der Waals surface area contributed by atoms with E-state index in [1.165, 1.54) is 16.7 Å². The zero-order chi connectivity index (χ0) is 23.8. The molecule has 0 amide bonds. The van der Waals surface area contributed by atoms with Crippen molar-refractivity contribution in [3.8, 4) is 23.1 Å². The average Bonchev–Trinajstić information content (AvgIpc) is 2.76. The molecule has 0 fully saturated rings. The molecule has 2 aromatic carbocycles. The van der Waals surface area contributed by atoms with E-state index in [0.717, 1.165) is 30.5 Å². The summed E-state index contributed by atoms with van der Waals surface area (Å²) in [5, 5.41) is 12.4. The molecule has 0 radical (unpaired) electrons. The molecule has 33 heavy (non-hydrogen) atoms. The number of nitrogens with zero attached hydrogens (tertiary/aromatic N) is 3. The fourth-order valence-electron chi connectivity index (χ4n) is 3.32. The van der Waals surface area contributed by atoms with Crippen molar-refractivity contribution in [2.75, 3.05) is 11.9 Å². The fourth-order valence-corrected chi connectivity index (χ4v) is 3.32. The lowest BCUT2D eigenvalue weighted by Crippen LogP contribution is -2.25. The molecule has 3 rings (SSSR count). The Morgan fingerprint density at radius 3 is 2.58 bits per heavy atom. The Labute approximate surface area is 189 Å². The van der Waals surface area contributed by atoms with Gasteiger partial charge in [0.15, 0.2) is 0 Å². The van der Waals surface area contributed by atoms with Gasteiger partial charge in [0.1, 0.15) is 5.75 Å². The first-order chi connectivity index (χ1) is 15.8. The number of hydrogen-bond donors (Lipinski definition) is 1. The molecule has 1 N–H and O–H groups in total. The molecule has 0 saturated carbocycles. The predicted octanol–water partition coefficient (Wildman–Crippen LogP) is 5.14. The Morgan fingerprint density at radius 2 is 1.91 bits per heavy atom. The number of anilines is 1. The Hall–Kier alpha value is -3.80. The molecule has 9 heteroatoms. The number of alkyl halides is 3. The number of nitriles is 1. The Balaban J connectivity index is 2.05. The van der Waals surface area contributed by atoms with Gasteiger partial charge in [0, 0.05) is 18.2 Å². The molecular formula is C24H23F3N4O2. The standard InChI is InChI=1S/C24H23F3N4O2/c1-2-3-13-29-23-30-21(15-22(32)31(23)16-17-7-5-4-6-8-17)20-10-9-19(33-24(25,26)27)14-18(20)11-12-28/h4-10,14-15H,2-3,11,13,16H2,1H3,(H,29,30). The van der Waals surface area contributed by atoms with E-state index in [0.29, 0.717) is 24.6 Å². The lowest BCUT2D eigenvalue weighted by molar-refractivity contribution is -0.274. The Kier molecular flexibility index (Phi) is 7.72. The van der Waals surface area contributed by atoms with Crippen LogP contribution in [0.25, 0.3) is 11.3 Å². The predicted molar refractivity (Wildman–Crippen MR) is 119 cm³/mol. The molecule has 1 heterocycles. The summed E-state index contributed by atoms with van der Waals surface area (Å²) in [6.45, 7) is 2.96. The summed E-state index contributed by atoms with van der Waals surface area (Å²) >= 11 is 0. The van der Waals surface area contributed by atoms with E-state index in [2.05, 4.69) is 15.0 Å². The molecule has 0 aliphatic heterocycles. The van der Waals surface area contributed by atoms with Crippen LogP contribution in [0.5, 0.6) is 5.75 Å². The van der Waals surface area contributed by atoms with Crippen LogP contribution in [0.4, 0.5) is 19.1 Å². The van der Waals surface area contributed by atoms with Crippen molar-refractivity contribution in [2.24, 2.45) is 0 Å². The third-order valence-electron chi connectivity index (χ3n) is 4.86. The van der Waals surface area contributed by atoms with Gasteiger partial charge in [-0.05, 0) is 35.7 Å². The molecule has 1 aromatic heterocycles. The maximum Gasteiger partial charge on any atom is 0.573 e. The van der Waals surface area contributed by atoms with Crippen molar-refractivity contribution in [3.05, 3.63) is 76.1 Å². The van der Waals surface area contributed by atoms with Gasteiger partial charge in [-0.2, -0.15) is 5.26 Å². The van der Waals surface area contributed by atoms with E-state index in [9.17, 15) is 18.0 Å². The van der Waals surface area contributed by atoms with E-state index >= 15 is 0 Å². The van der Waals surface area contributed by atoms with Crippen LogP contribution in [-0.4, -0.2) is 22.5 Å². The third kappa shape index (κ3) is 6.59. The fraction of sp³-hybridized carbons (Fsp3) is 0.292. The van der Waals surface area contributed by atoms with Crippen LogP contribution in [0.1, 0.15) is 30.9 Å². The van der Waals surface area contributed by atoms with Gasteiger partial charge in [-0.25, -0.2) is 4.98 Å². The molecule has 0 saturated heterocycles. The first-order valence-electron chi connectivity index (χ1n) is 10.5. The third-order valence-corrected chi connectivity index (χ3v) is 4.86. The Morgan fingerprint density at radius 1 is 1.15 bits per heavy atom. The average molecular weight is 456 g/mol. The molecule has 0 unspecified atom stereocenters. The molecule has 6 nitrogen and oxygen atoms in total. The largest absolute Gasteiger partial charge is 0.573 e. The van der Waals surface area contributed by atoms with Crippen molar-refractivity contribution in [1.82, 2.24) is 9.55 Å². The molecule has 0 aliphatic rings. The molecule has 0 bridgehead atoms. The van der Waals surface area contributed by atoms with E-state index in [1.54, 1.807) is 0 Å². The zero-order valence-corrected chi connectivity index (χ0v) is 18.0. The van der Waals surface area contributed by atoms with Crippen LogP contribution in [-0.2, 0) is 13.0 Å². The van der Waals surface area contributed by atoms with Crippen molar-refractivity contribution in [2.45, 2.75) is 39.1 Å². The monoisotopic (exact) mass is 456 g/mol. The minimum absolute atomic E-state index is 0.169. The van der Waals surface area contributed by atoms with Crippen LogP contribution in [0, 0.1) is 11.3 Å². The summed E-state index contributed by atoms with van der Waals surface area (Å²) in [5.74, 6) is -0.0801. The SMILES string of the molecule is CCCCNc1nc(-c2ccc(OC(F)(F)F)cc2CC#N)cc(=O)n1Cc1ccccc1. The van der Waals surface area contributed by atoms with Crippen molar-refractivity contribution in [3.63, 3.8) is 0 Å². The highest BCUT2D eigenvalue weighted by Crippen LogP contribution is 2.30. The molecular weight excluding hydrogens is 433 g/mol. The number of rotatable bonds is 9. The normalized spacial score (nSPS) is 11.1. The van der Waals surface area contributed by atoms with E-state index in [1.807, 2.05) is 43.3 Å². The minimum Gasteiger partial charge on any atom is -0.406 e. The van der Waals surface area contributed by atoms with Crippen LogP contribution in [0.15, 0.2) is 59.4 Å². The highest BCUT2D eigenvalue weighted by molar-refractivity contribution is 5.66. The van der Waals surface area contributed by atoms with Gasteiger partial charge >= 0.3 is 6.36 Å². The molecule has 0 aliphatic carbocycles. The lowest BCUT2D eigenvalue weighted by Gasteiger charge is -2.16. The minimum atomic E-state index is -4.85. The van der Waals surface area contributed by atoms with Gasteiger partial charge in [0.05, 0.1) is 24.7 Å². The number of benzene rings is 2. The second kappa shape index (κ2) is 10.7. The van der Waals surface area contributed by atoms with E-state index in [4.69, 9.17) is 5.26 Å². The van der Waals surface area contributed by atoms with Gasteiger partial charge in [-0.15, -0.1) is 13.2 Å². The van der Waals surface area contributed by atoms with E-state index in [-0.39, 0.29) is 23.2 Å². The maximum atomic E-state index is 13.0. The van der Waals surface area contributed by atoms with Crippen LogP contribution < -0.4 is 15.6 Å². The van der Waals surface area contributed by atoms with Crippen molar-refractivity contribution >= 4 is 5.95 Å². The van der Waals surface area contributed by atoms with Gasteiger partial charge in [-0.1, -0.05) is 43.7 Å². The number of aromatic nitrogens is 2. The summed E-state index contributed by atoms with van der Waals surface area (Å²) in [6, 6.07) is 16.4. The highest BCUT2D eigenvalue weighted by Gasteiger charge is 2.31. The summed E-state index contributed by atoms with van der Waals surface area (Å²) < 4.78 is 43.3. The van der Waals surface area contributed by atoms with Gasteiger partial charge in [-0.3, -0.25) is 9.36 Å². The Bertz CT molecular complexity index is 1190. The summed E-state index contributed by atoms with van der Waals surface area (Å²) in [6.07, 6.45) is -3.20. The second-order valence-corrected chi connectivity index (χ2v) is 7.36. The maximum absolute atomic E-state index is 13.0. The number of hydrogen-bond acceptors (Lipinski definition) is 5. The van der Waals surface area contributed by atoms with Crippen LogP contribution in [0.2, 0.25) is 0 Å². The topological polar surface area (TPSA) is 79.9 Å². The zero-order valence-electron chi connectivity index (χ0n) is 18.0. The number of halogens is 3. The molecule has 172 valence electrons. The van der Waals surface area contributed by atoms with Crippen LogP contribution in [0.3, 0.4) is 0 Å². The number of unbranched alkanes of at least 4 members (excludes halogenated alkanes) is 1. The van der Waals surface area contributed by atoms with Gasteiger partial charge < -0.3 is 10.1 Å². The lowest BCUT2D eigenvalue weighted by atomic mass is 10.0. The number of ether oxygens (including phenoxy) is 1. The quantitative estimate of drug-likeness (QED) is 0.451. The summed E-state index contributed by atoms with van der Waals surface area (Å²) in [7, 11) is 0. The van der Waals surface area contributed by atoms with E-state index < -0.39 is 12.1 Å².